The number of hydrogen-bond acceptors (Lipinski definition) is 4. The van der Waals surface area contributed by atoms with Gasteiger partial charge in [0, 0.05) is 17.6 Å². The molecular formula is C20H16ClNO4S. The minimum atomic E-state index is -3.69. The Labute approximate surface area is 162 Å². The number of aryl methyl sites for hydroxylation is 1. The van der Waals surface area contributed by atoms with Crippen LogP contribution in [0.15, 0.2) is 76.8 Å². The van der Waals surface area contributed by atoms with Gasteiger partial charge in [0.2, 0.25) is 9.84 Å². The maximum atomic E-state index is 12.6. The number of carboxylic acid groups (broad SMARTS) is 1. The molecule has 0 spiro atoms. The number of aromatic nitrogens is 1. The molecule has 1 aromatic heterocycles. The van der Waals surface area contributed by atoms with Crippen LogP contribution < -0.4 is 0 Å². The Morgan fingerprint density at radius 1 is 1.04 bits per heavy atom. The second-order valence-corrected chi connectivity index (χ2v) is 8.22. The van der Waals surface area contributed by atoms with Crippen molar-refractivity contribution in [1.82, 2.24) is 4.98 Å². The van der Waals surface area contributed by atoms with E-state index in [4.69, 9.17) is 16.7 Å². The number of hydrogen-bond donors (Lipinski definition) is 1. The fraction of sp³-hybridized carbons (Fsp3) is 0.100. The van der Waals surface area contributed by atoms with Crippen molar-refractivity contribution in [2.24, 2.45) is 0 Å². The largest absolute Gasteiger partial charge is 0.481 e. The Morgan fingerprint density at radius 2 is 1.78 bits per heavy atom. The van der Waals surface area contributed by atoms with E-state index in [1.807, 2.05) is 0 Å². The quantitative estimate of drug-likeness (QED) is 0.667. The van der Waals surface area contributed by atoms with Gasteiger partial charge in [-0.2, -0.15) is 0 Å². The van der Waals surface area contributed by atoms with E-state index in [1.54, 1.807) is 42.5 Å². The van der Waals surface area contributed by atoms with Gasteiger partial charge in [0.05, 0.1) is 4.90 Å². The summed E-state index contributed by atoms with van der Waals surface area (Å²) in [4.78, 5) is 14.9. The topological polar surface area (TPSA) is 84.3 Å². The van der Waals surface area contributed by atoms with Crippen LogP contribution in [0, 0.1) is 0 Å². The lowest BCUT2D eigenvalue weighted by Gasteiger charge is -2.11. The van der Waals surface area contributed by atoms with Crippen molar-refractivity contribution in [2.75, 3.05) is 0 Å². The lowest BCUT2D eigenvalue weighted by Crippen LogP contribution is -2.04. The average Bonchev–Trinajstić information content (AvgIpc) is 2.67. The van der Waals surface area contributed by atoms with Gasteiger partial charge < -0.3 is 5.11 Å². The van der Waals surface area contributed by atoms with E-state index >= 15 is 0 Å². The number of carbonyl (C=O) groups is 1. The Morgan fingerprint density at radius 3 is 2.41 bits per heavy atom. The molecule has 0 amide bonds. The Bertz CT molecular complexity index is 1060. The third kappa shape index (κ3) is 4.35. The van der Waals surface area contributed by atoms with Crippen molar-refractivity contribution < 1.29 is 18.3 Å². The molecular weight excluding hydrogens is 386 g/mol. The van der Waals surface area contributed by atoms with E-state index in [9.17, 15) is 13.2 Å². The van der Waals surface area contributed by atoms with Crippen molar-refractivity contribution in [2.45, 2.75) is 22.8 Å². The van der Waals surface area contributed by atoms with Crippen LogP contribution in [0.2, 0.25) is 5.02 Å². The van der Waals surface area contributed by atoms with Crippen LogP contribution in [0.5, 0.6) is 0 Å². The second-order valence-electron chi connectivity index (χ2n) is 5.89. The minimum absolute atomic E-state index is 0.000766. The average molecular weight is 402 g/mol. The molecule has 27 heavy (non-hydrogen) atoms. The third-order valence-electron chi connectivity index (χ3n) is 4.07. The van der Waals surface area contributed by atoms with Gasteiger partial charge in [-0.15, -0.1) is 0 Å². The summed E-state index contributed by atoms with van der Waals surface area (Å²) in [5.74, 6) is -0.882. The van der Waals surface area contributed by atoms with Gasteiger partial charge in [-0.05, 0) is 59.5 Å². The lowest BCUT2D eigenvalue weighted by atomic mass is 9.97. The molecule has 0 saturated heterocycles. The Kier molecular flexibility index (Phi) is 5.58. The zero-order chi connectivity index (χ0) is 19.4. The third-order valence-corrected chi connectivity index (χ3v) is 5.99. The summed E-state index contributed by atoms with van der Waals surface area (Å²) in [5, 5.41) is 9.44. The predicted molar refractivity (Wildman–Crippen MR) is 103 cm³/mol. The standard InChI is InChI=1S/C20H16ClNO4S/c21-16-8-4-14(7-11-20(23)24)18(13-16)15-5-9-17(10-6-15)27(25,26)19-3-1-2-12-22-19/h1-6,8-10,12-13H,7,11H2,(H,23,24). The number of benzene rings is 2. The SMILES string of the molecule is O=C(O)CCc1ccc(Cl)cc1-c1ccc(S(=O)(=O)c2ccccn2)cc1. The summed E-state index contributed by atoms with van der Waals surface area (Å²) in [6.07, 6.45) is 1.79. The monoisotopic (exact) mass is 401 g/mol. The molecule has 1 heterocycles. The van der Waals surface area contributed by atoms with E-state index in [0.29, 0.717) is 11.4 Å². The Hall–Kier alpha value is -2.70. The number of pyridine rings is 1. The highest BCUT2D eigenvalue weighted by Crippen LogP contribution is 2.30. The summed E-state index contributed by atoms with van der Waals surface area (Å²) in [7, 11) is -3.69. The fourth-order valence-electron chi connectivity index (χ4n) is 2.72. The summed E-state index contributed by atoms with van der Waals surface area (Å²) in [6, 6.07) is 16.4. The molecule has 0 radical (unpaired) electrons. The number of rotatable bonds is 6. The molecule has 1 N–H and O–H groups in total. The van der Waals surface area contributed by atoms with Gasteiger partial charge in [0.15, 0.2) is 5.03 Å². The molecule has 2 aromatic carbocycles. The van der Waals surface area contributed by atoms with Crippen LogP contribution in [-0.4, -0.2) is 24.5 Å². The molecule has 3 aromatic rings. The van der Waals surface area contributed by atoms with Crippen molar-refractivity contribution >= 4 is 27.4 Å². The maximum absolute atomic E-state index is 12.6. The van der Waals surface area contributed by atoms with Crippen LogP contribution in [0.4, 0.5) is 0 Å². The van der Waals surface area contributed by atoms with E-state index in [0.717, 1.165) is 16.7 Å². The van der Waals surface area contributed by atoms with Crippen LogP contribution in [0.25, 0.3) is 11.1 Å². The van der Waals surface area contributed by atoms with Crippen LogP contribution in [0.3, 0.4) is 0 Å². The molecule has 0 bridgehead atoms. The highest BCUT2D eigenvalue weighted by molar-refractivity contribution is 7.91. The van der Waals surface area contributed by atoms with Gasteiger partial charge in [-0.25, -0.2) is 13.4 Å². The lowest BCUT2D eigenvalue weighted by molar-refractivity contribution is -0.136. The van der Waals surface area contributed by atoms with E-state index in [2.05, 4.69) is 4.98 Å². The first-order valence-electron chi connectivity index (χ1n) is 8.15. The highest BCUT2D eigenvalue weighted by atomic mass is 35.5. The normalized spacial score (nSPS) is 11.3. The predicted octanol–water partition coefficient (Wildman–Crippen LogP) is 4.25. The molecule has 0 unspecified atom stereocenters. The molecule has 0 aliphatic rings. The number of aliphatic carboxylic acids is 1. The van der Waals surface area contributed by atoms with Crippen LogP contribution >= 0.6 is 11.6 Å². The molecule has 3 rings (SSSR count). The van der Waals surface area contributed by atoms with Gasteiger partial charge >= 0.3 is 5.97 Å². The zero-order valence-electron chi connectivity index (χ0n) is 14.2. The minimum Gasteiger partial charge on any atom is -0.481 e. The van der Waals surface area contributed by atoms with Crippen molar-refractivity contribution in [3.05, 3.63) is 77.4 Å². The van der Waals surface area contributed by atoms with Gasteiger partial charge in [0.1, 0.15) is 0 Å². The van der Waals surface area contributed by atoms with Crippen molar-refractivity contribution in [1.29, 1.82) is 0 Å². The Balaban J connectivity index is 1.97. The van der Waals surface area contributed by atoms with Crippen LogP contribution in [0.1, 0.15) is 12.0 Å². The number of carboxylic acids is 1. The molecule has 0 atom stereocenters. The summed E-state index contributed by atoms with van der Waals surface area (Å²) in [6.45, 7) is 0. The van der Waals surface area contributed by atoms with Gasteiger partial charge in [-0.1, -0.05) is 35.9 Å². The first kappa shape index (κ1) is 19.1. The van der Waals surface area contributed by atoms with Crippen LogP contribution in [-0.2, 0) is 21.1 Å². The van der Waals surface area contributed by atoms with E-state index < -0.39 is 15.8 Å². The zero-order valence-corrected chi connectivity index (χ0v) is 15.7. The van der Waals surface area contributed by atoms with E-state index in [-0.39, 0.29) is 16.3 Å². The molecule has 0 aliphatic heterocycles. The molecule has 7 heteroatoms. The van der Waals surface area contributed by atoms with Crippen molar-refractivity contribution in [3.63, 3.8) is 0 Å². The first-order valence-corrected chi connectivity index (χ1v) is 10.0. The first-order chi connectivity index (χ1) is 12.9. The highest BCUT2D eigenvalue weighted by Gasteiger charge is 2.19. The van der Waals surface area contributed by atoms with E-state index in [1.165, 1.54) is 24.4 Å². The molecule has 0 saturated carbocycles. The number of nitrogens with zero attached hydrogens (tertiary/aromatic N) is 1. The molecule has 0 fully saturated rings. The number of sulfone groups is 1. The molecule has 5 nitrogen and oxygen atoms in total. The summed E-state index contributed by atoms with van der Waals surface area (Å²) in [5.41, 5.74) is 2.38. The smallest absolute Gasteiger partial charge is 0.303 e. The molecule has 0 aliphatic carbocycles. The second kappa shape index (κ2) is 7.90. The summed E-state index contributed by atoms with van der Waals surface area (Å²) >= 11 is 6.09. The van der Waals surface area contributed by atoms with Gasteiger partial charge in [0.25, 0.3) is 0 Å². The maximum Gasteiger partial charge on any atom is 0.303 e. The summed E-state index contributed by atoms with van der Waals surface area (Å²) < 4.78 is 25.3. The van der Waals surface area contributed by atoms with Gasteiger partial charge in [-0.3, -0.25) is 4.79 Å². The van der Waals surface area contributed by atoms with Crippen molar-refractivity contribution in [3.8, 4) is 11.1 Å². The fourth-order valence-corrected chi connectivity index (χ4v) is 4.08. The number of halogens is 1. The molecule has 138 valence electrons.